The number of nitrogens with zero attached hydrogens (tertiary/aromatic N) is 4. The van der Waals surface area contributed by atoms with Gasteiger partial charge < -0.3 is 14.5 Å². The van der Waals surface area contributed by atoms with Gasteiger partial charge in [0.2, 0.25) is 5.95 Å². The molecule has 5 nitrogen and oxygen atoms in total. The summed E-state index contributed by atoms with van der Waals surface area (Å²) in [6.45, 7) is 1.97. The number of hydrogen-bond donors (Lipinski definition) is 0. The van der Waals surface area contributed by atoms with E-state index in [0.717, 1.165) is 54.6 Å². The van der Waals surface area contributed by atoms with Crippen molar-refractivity contribution in [1.82, 2.24) is 14.9 Å². The Hall–Kier alpha value is -2.99. The van der Waals surface area contributed by atoms with Gasteiger partial charge in [-0.3, -0.25) is 0 Å². The van der Waals surface area contributed by atoms with Crippen LogP contribution in [-0.4, -0.2) is 54.2 Å². The summed E-state index contributed by atoms with van der Waals surface area (Å²) in [5, 5.41) is 0. The highest BCUT2D eigenvalue weighted by Crippen LogP contribution is 2.34. The maximum absolute atomic E-state index is 5.86. The van der Waals surface area contributed by atoms with Gasteiger partial charge in [0.05, 0.1) is 12.1 Å². The van der Waals surface area contributed by atoms with Crippen molar-refractivity contribution < 1.29 is 4.74 Å². The third kappa shape index (κ3) is 5.07. The maximum atomic E-state index is 5.86. The van der Waals surface area contributed by atoms with E-state index in [4.69, 9.17) is 17.0 Å². The van der Waals surface area contributed by atoms with Gasteiger partial charge in [-0.2, -0.15) is 0 Å². The molecule has 0 radical (unpaired) electrons. The third-order valence-corrected chi connectivity index (χ3v) is 6.44. The van der Waals surface area contributed by atoms with Gasteiger partial charge in [0.1, 0.15) is 5.75 Å². The second-order valence-electron chi connectivity index (χ2n) is 8.46. The average Bonchev–Trinajstić information content (AvgIpc) is 2.84. The van der Waals surface area contributed by atoms with Crippen LogP contribution in [0, 0.1) is 0 Å². The highest BCUT2D eigenvalue weighted by atomic mass is 32.1. The first-order chi connectivity index (χ1) is 15.5. The molecule has 166 valence electrons. The second-order valence-corrected chi connectivity index (χ2v) is 8.93. The van der Waals surface area contributed by atoms with Crippen molar-refractivity contribution in [2.24, 2.45) is 0 Å². The zero-order chi connectivity index (χ0) is 22.5. The molecule has 2 aromatic carbocycles. The number of methoxy groups -OCH3 is 1. The molecule has 0 bridgehead atoms. The maximum Gasteiger partial charge on any atom is 0.224 e. The van der Waals surface area contributed by atoms with Crippen molar-refractivity contribution >= 4 is 23.2 Å². The van der Waals surface area contributed by atoms with E-state index in [0.29, 0.717) is 5.92 Å². The van der Waals surface area contributed by atoms with Crippen LogP contribution in [-0.2, 0) is 6.42 Å². The predicted octanol–water partition coefficient (Wildman–Crippen LogP) is 4.97. The Bertz CT molecular complexity index is 1050. The van der Waals surface area contributed by atoms with Crippen LogP contribution in [0.15, 0.2) is 60.9 Å². The van der Waals surface area contributed by atoms with E-state index in [1.165, 1.54) is 16.7 Å². The number of ether oxygens (including phenoxy) is 1. The topological polar surface area (TPSA) is 41.5 Å². The lowest BCUT2D eigenvalue weighted by Gasteiger charge is -2.35. The van der Waals surface area contributed by atoms with E-state index >= 15 is 0 Å². The van der Waals surface area contributed by atoms with E-state index in [-0.39, 0.29) is 0 Å². The number of piperidine rings is 1. The SMILES string of the molecule is COc1ccc(CC(=S)N2CCCC(c3ccccc3-c3cnc(N(C)C)nc3)C2)cc1. The van der Waals surface area contributed by atoms with Crippen LogP contribution in [0.1, 0.15) is 29.9 Å². The normalized spacial score (nSPS) is 16.0. The lowest BCUT2D eigenvalue weighted by Crippen LogP contribution is -2.39. The first-order valence-electron chi connectivity index (χ1n) is 11.0. The van der Waals surface area contributed by atoms with Crippen LogP contribution in [0.2, 0.25) is 0 Å². The van der Waals surface area contributed by atoms with Gasteiger partial charge in [0, 0.05) is 57.5 Å². The van der Waals surface area contributed by atoms with Gasteiger partial charge in [-0.15, -0.1) is 0 Å². The van der Waals surface area contributed by atoms with Crippen LogP contribution < -0.4 is 9.64 Å². The van der Waals surface area contributed by atoms with Gasteiger partial charge in [0.25, 0.3) is 0 Å². The third-order valence-electron chi connectivity index (χ3n) is 6.04. The number of likely N-dealkylation sites (tertiary alicyclic amines) is 1. The molecule has 1 saturated heterocycles. The molecule has 4 rings (SSSR count). The van der Waals surface area contributed by atoms with Crippen LogP contribution >= 0.6 is 12.2 Å². The van der Waals surface area contributed by atoms with Gasteiger partial charge >= 0.3 is 0 Å². The van der Waals surface area contributed by atoms with Gasteiger partial charge in [-0.25, -0.2) is 9.97 Å². The molecule has 0 spiro atoms. The number of thiocarbonyl (C=S) groups is 1. The monoisotopic (exact) mass is 446 g/mol. The minimum Gasteiger partial charge on any atom is -0.497 e. The molecule has 1 aliphatic heterocycles. The molecule has 32 heavy (non-hydrogen) atoms. The quantitative estimate of drug-likeness (QED) is 0.498. The van der Waals surface area contributed by atoms with Crippen molar-refractivity contribution in [3.05, 3.63) is 72.1 Å². The van der Waals surface area contributed by atoms with E-state index in [9.17, 15) is 0 Å². The molecule has 0 N–H and O–H groups in total. The zero-order valence-corrected chi connectivity index (χ0v) is 19.8. The summed E-state index contributed by atoms with van der Waals surface area (Å²) in [5.41, 5.74) is 4.84. The van der Waals surface area contributed by atoms with Crippen LogP contribution in [0.25, 0.3) is 11.1 Å². The van der Waals surface area contributed by atoms with Crippen molar-refractivity contribution in [1.29, 1.82) is 0 Å². The van der Waals surface area contributed by atoms with Crippen molar-refractivity contribution in [3.8, 4) is 16.9 Å². The molecule has 1 aromatic heterocycles. The molecule has 1 unspecified atom stereocenters. The molecule has 2 heterocycles. The summed E-state index contributed by atoms with van der Waals surface area (Å²) in [5.74, 6) is 2.03. The zero-order valence-electron chi connectivity index (χ0n) is 19.0. The van der Waals surface area contributed by atoms with E-state index < -0.39 is 0 Å². The van der Waals surface area contributed by atoms with E-state index in [2.05, 4.69) is 51.3 Å². The summed E-state index contributed by atoms with van der Waals surface area (Å²) in [7, 11) is 5.59. The van der Waals surface area contributed by atoms with E-state index in [1.54, 1.807) is 7.11 Å². The number of benzene rings is 2. The van der Waals surface area contributed by atoms with Gasteiger partial charge in [-0.05, 0) is 41.7 Å². The molecule has 3 aromatic rings. The Kier molecular flexibility index (Phi) is 7.00. The Balaban J connectivity index is 1.50. The summed E-state index contributed by atoms with van der Waals surface area (Å²) in [6.07, 6.45) is 6.94. The largest absolute Gasteiger partial charge is 0.497 e. The average molecular weight is 447 g/mol. The molecule has 1 aliphatic rings. The molecule has 1 fully saturated rings. The second kappa shape index (κ2) is 10.1. The standard InChI is InChI=1S/C26H30N4OS/c1-29(2)26-27-16-21(17-28-26)24-9-5-4-8-23(24)20-7-6-14-30(18-20)25(32)15-19-10-12-22(31-3)13-11-19/h4-5,8-13,16-17,20H,6-7,14-15,18H2,1-3H3. The Labute approximate surface area is 196 Å². The van der Waals surface area contributed by atoms with Crippen molar-refractivity contribution in [2.75, 3.05) is 39.2 Å². The molecule has 0 aliphatic carbocycles. The summed E-state index contributed by atoms with van der Waals surface area (Å²) in [6, 6.07) is 16.8. The minimum absolute atomic E-state index is 0.433. The van der Waals surface area contributed by atoms with Gasteiger partial charge in [-0.1, -0.05) is 48.6 Å². The Morgan fingerprint density at radius 2 is 1.81 bits per heavy atom. The van der Waals surface area contributed by atoms with E-state index in [1.807, 2.05) is 43.5 Å². The number of rotatable bonds is 6. The molecular formula is C26H30N4OS. The molecule has 0 amide bonds. The summed E-state index contributed by atoms with van der Waals surface area (Å²) >= 11 is 5.86. The fourth-order valence-electron chi connectivity index (χ4n) is 4.29. The number of hydrogen-bond acceptors (Lipinski definition) is 5. The van der Waals surface area contributed by atoms with Crippen LogP contribution in [0.5, 0.6) is 5.75 Å². The minimum atomic E-state index is 0.433. The molecule has 0 saturated carbocycles. The van der Waals surface area contributed by atoms with Crippen molar-refractivity contribution in [3.63, 3.8) is 0 Å². The fraction of sp³-hybridized carbons (Fsp3) is 0.346. The van der Waals surface area contributed by atoms with Crippen LogP contribution in [0.3, 0.4) is 0 Å². The fourth-order valence-corrected chi connectivity index (χ4v) is 4.63. The smallest absolute Gasteiger partial charge is 0.224 e. The van der Waals surface area contributed by atoms with Crippen LogP contribution in [0.4, 0.5) is 5.95 Å². The first kappa shape index (κ1) is 22.2. The van der Waals surface area contributed by atoms with Crippen molar-refractivity contribution in [2.45, 2.75) is 25.2 Å². The molecular weight excluding hydrogens is 416 g/mol. The lowest BCUT2D eigenvalue weighted by molar-refractivity contribution is 0.310. The summed E-state index contributed by atoms with van der Waals surface area (Å²) in [4.78, 5) is 14.3. The highest BCUT2D eigenvalue weighted by Gasteiger charge is 2.25. The highest BCUT2D eigenvalue weighted by molar-refractivity contribution is 7.80. The number of aromatic nitrogens is 2. The van der Waals surface area contributed by atoms with Gasteiger partial charge in [0.15, 0.2) is 0 Å². The molecule has 1 atom stereocenters. The Morgan fingerprint density at radius 1 is 1.09 bits per heavy atom. The lowest BCUT2D eigenvalue weighted by atomic mass is 9.86. The predicted molar refractivity (Wildman–Crippen MR) is 135 cm³/mol. The summed E-state index contributed by atoms with van der Waals surface area (Å²) < 4.78 is 5.26. The number of anilines is 1. The first-order valence-corrected chi connectivity index (χ1v) is 11.5. The molecule has 6 heteroatoms. The Morgan fingerprint density at radius 3 is 2.50 bits per heavy atom.